The van der Waals surface area contributed by atoms with Crippen molar-refractivity contribution in [3.05, 3.63) is 35.4 Å². The van der Waals surface area contributed by atoms with Gasteiger partial charge in [-0.05, 0) is 51.8 Å². The molecule has 4 nitrogen and oxygen atoms in total. The minimum atomic E-state index is -0.189. The number of hydrogen-bond donors (Lipinski definition) is 0. The standard InChI is InChI=1S/C19H30N2O2/c1-15-5-7-17(8-6-15)18(20(2)3)19(22)21-12-9-16(10-13-21)11-14-23-4/h5-8,16,18H,9-14H2,1-4H3/t18-/m1/s1. The van der Waals surface area contributed by atoms with Gasteiger partial charge in [-0.2, -0.15) is 0 Å². The van der Waals surface area contributed by atoms with Crippen LogP contribution in [0.3, 0.4) is 0 Å². The Kier molecular flexibility index (Phi) is 6.60. The van der Waals surface area contributed by atoms with Gasteiger partial charge in [0, 0.05) is 26.8 Å². The lowest BCUT2D eigenvalue weighted by molar-refractivity contribution is -0.137. The fourth-order valence-corrected chi connectivity index (χ4v) is 3.31. The molecule has 2 rings (SSSR count). The van der Waals surface area contributed by atoms with Crippen molar-refractivity contribution in [3.63, 3.8) is 0 Å². The van der Waals surface area contributed by atoms with Crippen molar-refractivity contribution >= 4 is 5.91 Å². The van der Waals surface area contributed by atoms with Crippen LogP contribution in [0.5, 0.6) is 0 Å². The van der Waals surface area contributed by atoms with Gasteiger partial charge in [-0.1, -0.05) is 29.8 Å². The summed E-state index contributed by atoms with van der Waals surface area (Å²) < 4.78 is 5.17. The molecule has 1 saturated heterocycles. The smallest absolute Gasteiger partial charge is 0.244 e. The first-order valence-corrected chi connectivity index (χ1v) is 8.53. The molecular formula is C19H30N2O2. The van der Waals surface area contributed by atoms with Gasteiger partial charge in [-0.25, -0.2) is 0 Å². The van der Waals surface area contributed by atoms with Crippen LogP contribution >= 0.6 is 0 Å². The topological polar surface area (TPSA) is 32.8 Å². The number of carbonyl (C=O) groups excluding carboxylic acids is 1. The van der Waals surface area contributed by atoms with Gasteiger partial charge in [0.1, 0.15) is 6.04 Å². The lowest BCUT2D eigenvalue weighted by atomic mass is 9.93. The number of aryl methyl sites for hydroxylation is 1. The number of piperidine rings is 1. The van der Waals surface area contributed by atoms with Crippen LogP contribution in [-0.4, -0.2) is 56.6 Å². The number of benzene rings is 1. The summed E-state index contributed by atoms with van der Waals surface area (Å²) in [5.74, 6) is 0.917. The molecule has 0 N–H and O–H groups in total. The fourth-order valence-electron chi connectivity index (χ4n) is 3.31. The van der Waals surface area contributed by atoms with Gasteiger partial charge in [0.25, 0.3) is 0 Å². The van der Waals surface area contributed by atoms with Gasteiger partial charge in [-0.15, -0.1) is 0 Å². The van der Waals surface area contributed by atoms with E-state index in [0.717, 1.165) is 44.5 Å². The van der Waals surface area contributed by atoms with Crippen molar-refractivity contribution in [1.29, 1.82) is 0 Å². The van der Waals surface area contributed by atoms with E-state index in [9.17, 15) is 4.79 Å². The Hall–Kier alpha value is -1.39. The number of hydrogen-bond acceptors (Lipinski definition) is 3. The minimum Gasteiger partial charge on any atom is -0.385 e. The van der Waals surface area contributed by atoms with Gasteiger partial charge in [0.05, 0.1) is 0 Å². The van der Waals surface area contributed by atoms with E-state index < -0.39 is 0 Å². The summed E-state index contributed by atoms with van der Waals surface area (Å²) >= 11 is 0. The first-order valence-electron chi connectivity index (χ1n) is 8.53. The minimum absolute atomic E-state index is 0.189. The molecule has 1 aromatic carbocycles. The summed E-state index contributed by atoms with van der Waals surface area (Å²) in [4.78, 5) is 17.1. The number of likely N-dealkylation sites (N-methyl/N-ethyl adjacent to an activating group) is 1. The second-order valence-electron chi connectivity index (χ2n) is 6.83. The maximum atomic E-state index is 13.0. The third-order valence-corrected chi connectivity index (χ3v) is 4.80. The number of amides is 1. The van der Waals surface area contributed by atoms with Gasteiger partial charge >= 0.3 is 0 Å². The molecular weight excluding hydrogens is 288 g/mol. The molecule has 1 heterocycles. The van der Waals surface area contributed by atoms with Gasteiger partial charge in [0.15, 0.2) is 0 Å². The van der Waals surface area contributed by atoms with Crippen molar-refractivity contribution < 1.29 is 9.53 Å². The van der Waals surface area contributed by atoms with Crippen LogP contribution in [0.25, 0.3) is 0 Å². The van der Waals surface area contributed by atoms with Crippen molar-refractivity contribution in [2.75, 3.05) is 40.9 Å². The quantitative estimate of drug-likeness (QED) is 0.808. The Morgan fingerprint density at radius 2 is 1.87 bits per heavy atom. The Bertz CT molecular complexity index is 491. The van der Waals surface area contributed by atoms with E-state index in [4.69, 9.17) is 4.74 Å². The molecule has 23 heavy (non-hydrogen) atoms. The summed E-state index contributed by atoms with van der Waals surface area (Å²) in [6.45, 7) is 4.62. The van der Waals surface area contributed by atoms with E-state index in [1.807, 2.05) is 23.9 Å². The Morgan fingerprint density at radius 1 is 1.26 bits per heavy atom. The summed E-state index contributed by atoms with van der Waals surface area (Å²) in [6.07, 6.45) is 3.28. The van der Waals surface area contributed by atoms with E-state index in [1.54, 1.807) is 7.11 Å². The van der Waals surface area contributed by atoms with E-state index in [1.165, 1.54) is 5.56 Å². The zero-order chi connectivity index (χ0) is 16.8. The average Bonchev–Trinajstić information content (AvgIpc) is 2.55. The monoisotopic (exact) mass is 318 g/mol. The van der Waals surface area contributed by atoms with Crippen LogP contribution in [0.1, 0.15) is 36.4 Å². The largest absolute Gasteiger partial charge is 0.385 e. The predicted octanol–water partition coefficient (Wildman–Crippen LogP) is 2.87. The Morgan fingerprint density at radius 3 is 2.39 bits per heavy atom. The third kappa shape index (κ3) is 4.79. The highest BCUT2D eigenvalue weighted by atomic mass is 16.5. The second-order valence-corrected chi connectivity index (χ2v) is 6.83. The molecule has 1 atom stereocenters. The van der Waals surface area contributed by atoms with Crippen molar-refractivity contribution in [3.8, 4) is 0 Å². The molecule has 0 aromatic heterocycles. The Labute approximate surface area is 140 Å². The fraction of sp³-hybridized carbons (Fsp3) is 0.632. The van der Waals surface area contributed by atoms with Crippen molar-refractivity contribution in [2.45, 2.75) is 32.2 Å². The van der Waals surface area contributed by atoms with E-state index in [0.29, 0.717) is 5.92 Å². The molecule has 0 radical (unpaired) electrons. The number of likely N-dealkylation sites (tertiary alicyclic amines) is 1. The van der Waals surface area contributed by atoms with Crippen LogP contribution in [-0.2, 0) is 9.53 Å². The van der Waals surface area contributed by atoms with E-state index >= 15 is 0 Å². The van der Waals surface area contributed by atoms with Crippen molar-refractivity contribution in [1.82, 2.24) is 9.80 Å². The zero-order valence-electron chi connectivity index (χ0n) is 14.9. The lowest BCUT2D eigenvalue weighted by Crippen LogP contribution is -2.44. The summed E-state index contributed by atoms with van der Waals surface area (Å²) in [7, 11) is 5.71. The number of nitrogens with zero attached hydrogens (tertiary/aromatic N) is 2. The first kappa shape index (κ1) is 18.0. The van der Waals surface area contributed by atoms with E-state index in [-0.39, 0.29) is 11.9 Å². The highest BCUT2D eigenvalue weighted by Crippen LogP contribution is 2.26. The van der Waals surface area contributed by atoms with Crippen LogP contribution in [0.15, 0.2) is 24.3 Å². The molecule has 1 amide bonds. The Balaban J connectivity index is 2.01. The second kappa shape index (κ2) is 8.46. The molecule has 0 saturated carbocycles. The number of ether oxygens (including phenoxy) is 1. The average molecular weight is 318 g/mol. The molecule has 1 aromatic rings. The number of rotatable bonds is 6. The molecule has 4 heteroatoms. The van der Waals surface area contributed by atoms with Crippen LogP contribution < -0.4 is 0 Å². The third-order valence-electron chi connectivity index (χ3n) is 4.80. The molecule has 1 aliphatic heterocycles. The van der Waals surface area contributed by atoms with Gasteiger partial charge in [0.2, 0.25) is 5.91 Å². The summed E-state index contributed by atoms with van der Waals surface area (Å²) in [5, 5.41) is 0. The van der Waals surface area contributed by atoms with Gasteiger partial charge in [-0.3, -0.25) is 9.69 Å². The zero-order valence-corrected chi connectivity index (χ0v) is 14.9. The number of carbonyl (C=O) groups is 1. The molecule has 0 bridgehead atoms. The normalized spacial score (nSPS) is 17.5. The van der Waals surface area contributed by atoms with Crippen LogP contribution in [0, 0.1) is 12.8 Å². The predicted molar refractivity (Wildman–Crippen MR) is 93.4 cm³/mol. The number of methoxy groups -OCH3 is 1. The lowest BCUT2D eigenvalue weighted by Gasteiger charge is -2.36. The molecule has 0 aliphatic carbocycles. The molecule has 0 spiro atoms. The van der Waals surface area contributed by atoms with Gasteiger partial charge < -0.3 is 9.64 Å². The summed E-state index contributed by atoms with van der Waals surface area (Å²) in [5.41, 5.74) is 2.30. The highest BCUT2D eigenvalue weighted by molar-refractivity contribution is 5.83. The van der Waals surface area contributed by atoms with Crippen LogP contribution in [0.4, 0.5) is 0 Å². The highest BCUT2D eigenvalue weighted by Gasteiger charge is 2.30. The van der Waals surface area contributed by atoms with E-state index in [2.05, 4.69) is 31.2 Å². The molecule has 1 aliphatic rings. The maximum absolute atomic E-state index is 13.0. The molecule has 1 fully saturated rings. The molecule has 0 unspecified atom stereocenters. The van der Waals surface area contributed by atoms with Crippen LogP contribution in [0.2, 0.25) is 0 Å². The maximum Gasteiger partial charge on any atom is 0.244 e. The first-order chi connectivity index (χ1) is 11.0. The SMILES string of the molecule is COCCC1CCN(C(=O)[C@@H](c2ccc(C)cc2)N(C)C)CC1. The molecule has 128 valence electrons. The van der Waals surface area contributed by atoms with Crippen molar-refractivity contribution in [2.24, 2.45) is 5.92 Å². The summed E-state index contributed by atoms with van der Waals surface area (Å²) in [6, 6.07) is 8.12.